The minimum atomic E-state index is -0.116. The van der Waals surface area contributed by atoms with Crippen molar-refractivity contribution in [1.29, 1.82) is 0 Å². The molecule has 0 aliphatic heterocycles. The standard InChI is InChI=1S/C11H16N2O2/c1-9(2)7-13-10(14)8-15-11-5-3-4-6-12-11/h3-6,9H,7-8H2,1-2H3,(H,13,14). The molecule has 0 aromatic carbocycles. The maximum absolute atomic E-state index is 11.3. The second-order valence-corrected chi connectivity index (χ2v) is 3.65. The zero-order valence-electron chi connectivity index (χ0n) is 9.06. The molecule has 82 valence electrons. The third kappa shape index (κ3) is 5.00. The van der Waals surface area contributed by atoms with Crippen LogP contribution in [0.25, 0.3) is 0 Å². The van der Waals surface area contributed by atoms with E-state index in [-0.39, 0.29) is 12.5 Å². The predicted molar refractivity (Wildman–Crippen MR) is 57.6 cm³/mol. The molecule has 0 fully saturated rings. The molecule has 1 amide bonds. The molecule has 0 saturated heterocycles. The lowest BCUT2D eigenvalue weighted by molar-refractivity contribution is -0.123. The molecule has 0 saturated carbocycles. The van der Waals surface area contributed by atoms with Gasteiger partial charge in [-0.05, 0) is 12.0 Å². The smallest absolute Gasteiger partial charge is 0.258 e. The van der Waals surface area contributed by atoms with E-state index in [4.69, 9.17) is 4.74 Å². The number of carbonyl (C=O) groups excluding carboxylic acids is 1. The first kappa shape index (κ1) is 11.5. The number of ether oxygens (including phenoxy) is 1. The van der Waals surface area contributed by atoms with Crippen LogP contribution < -0.4 is 10.1 Å². The summed E-state index contributed by atoms with van der Waals surface area (Å²) in [6, 6.07) is 5.33. The van der Waals surface area contributed by atoms with E-state index in [9.17, 15) is 4.79 Å². The summed E-state index contributed by atoms with van der Waals surface area (Å²) in [5.74, 6) is 0.801. The van der Waals surface area contributed by atoms with Gasteiger partial charge in [-0.25, -0.2) is 4.98 Å². The van der Waals surface area contributed by atoms with Crippen LogP contribution in [0.1, 0.15) is 13.8 Å². The van der Waals surface area contributed by atoms with Gasteiger partial charge in [0.1, 0.15) is 0 Å². The summed E-state index contributed by atoms with van der Waals surface area (Å²) in [6.07, 6.45) is 1.63. The van der Waals surface area contributed by atoms with Gasteiger partial charge in [0.25, 0.3) is 5.91 Å². The van der Waals surface area contributed by atoms with Crippen LogP contribution in [0, 0.1) is 5.92 Å². The van der Waals surface area contributed by atoms with Crippen molar-refractivity contribution in [2.45, 2.75) is 13.8 Å². The summed E-state index contributed by atoms with van der Waals surface area (Å²) in [5, 5.41) is 2.76. The summed E-state index contributed by atoms with van der Waals surface area (Å²) in [5.41, 5.74) is 0. The fourth-order valence-corrected chi connectivity index (χ4v) is 0.941. The van der Waals surface area contributed by atoms with Crippen LogP contribution in [0.15, 0.2) is 24.4 Å². The summed E-state index contributed by atoms with van der Waals surface area (Å²) in [7, 11) is 0. The van der Waals surface area contributed by atoms with E-state index in [2.05, 4.69) is 10.3 Å². The van der Waals surface area contributed by atoms with E-state index in [0.717, 1.165) is 0 Å². The van der Waals surface area contributed by atoms with Crippen molar-refractivity contribution in [3.05, 3.63) is 24.4 Å². The molecule has 4 heteroatoms. The number of nitrogens with one attached hydrogen (secondary N) is 1. The number of rotatable bonds is 5. The van der Waals surface area contributed by atoms with Crippen LogP contribution in [0.4, 0.5) is 0 Å². The second kappa shape index (κ2) is 6.01. The molecule has 0 bridgehead atoms. The lowest BCUT2D eigenvalue weighted by atomic mass is 10.2. The van der Waals surface area contributed by atoms with Crippen LogP contribution in [0.5, 0.6) is 5.88 Å². The van der Waals surface area contributed by atoms with E-state index >= 15 is 0 Å². The van der Waals surface area contributed by atoms with Gasteiger partial charge in [0.2, 0.25) is 5.88 Å². The van der Waals surface area contributed by atoms with Crippen molar-refractivity contribution in [3.63, 3.8) is 0 Å². The quantitative estimate of drug-likeness (QED) is 0.791. The monoisotopic (exact) mass is 208 g/mol. The normalized spacial score (nSPS) is 10.1. The highest BCUT2D eigenvalue weighted by Gasteiger charge is 2.03. The van der Waals surface area contributed by atoms with Crippen LogP contribution in [-0.2, 0) is 4.79 Å². The summed E-state index contributed by atoms with van der Waals surface area (Å²) < 4.78 is 5.18. The zero-order chi connectivity index (χ0) is 11.1. The van der Waals surface area contributed by atoms with Gasteiger partial charge in [0.05, 0.1) is 0 Å². The van der Waals surface area contributed by atoms with E-state index in [0.29, 0.717) is 18.3 Å². The average Bonchev–Trinajstić information content (AvgIpc) is 2.25. The highest BCUT2D eigenvalue weighted by molar-refractivity contribution is 5.77. The van der Waals surface area contributed by atoms with Crippen molar-refractivity contribution in [2.24, 2.45) is 5.92 Å². The maximum atomic E-state index is 11.3. The van der Waals surface area contributed by atoms with Gasteiger partial charge in [-0.3, -0.25) is 4.79 Å². The van der Waals surface area contributed by atoms with Crippen LogP contribution in [0.3, 0.4) is 0 Å². The number of aromatic nitrogens is 1. The minimum absolute atomic E-state index is 0.0176. The highest BCUT2D eigenvalue weighted by atomic mass is 16.5. The highest BCUT2D eigenvalue weighted by Crippen LogP contribution is 2.02. The SMILES string of the molecule is CC(C)CNC(=O)COc1ccccn1. The molecule has 1 aromatic heterocycles. The lowest BCUT2D eigenvalue weighted by Gasteiger charge is -2.08. The Hall–Kier alpha value is -1.58. The largest absolute Gasteiger partial charge is 0.468 e. The Bertz CT molecular complexity index is 299. The van der Waals surface area contributed by atoms with Gasteiger partial charge in [0.15, 0.2) is 6.61 Å². The van der Waals surface area contributed by atoms with Crippen molar-refractivity contribution < 1.29 is 9.53 Å². The number of hydrogen-bond donors (Lipinski definition) is 1. The van der Waals surface area contributed by atoms with Crippen molar-refractivity contribution in [3.8, 4) is 5.88 Å². The fourth-order valence-electron chi connectivity index (χ4n) is 0.941. The van der Waals surface area contributed by atoms with E-state index in [1.165, 1.54) is 0 Å². The van der Waals surface area contributed by atoms with Crippen LogP contribution in [0.2, 0.25) is 0 Å². The Kier molecular flexibility index (Phi) is 4.60. The molecule has 0 unspecified atom stereocenters. The summed E-state index contributed by atoms with van der Waals surface area (Å²) in [4.78, 5) is 15.2. The zero-order valence-corrected chi connectivity index (χ0v) is 9.06. The number of hydrogen-bond acceptors (Lipinski definition) is 3. The van der Waals surface area contributed by atoms with Crippen molar-refractivity contribution >= 4 is 5.91 Å². The predicted octanol–water partition coefficient (Wildman–Crippen LogP) is 1.23. The second-order valence-electron chi connectivity index (χ2n) is 3.65. The van der Waals surface area contributed by atoms with E-state index in [1.807, 2.05) is 19.9 Å². The molecule has 0 spiro atoms. The lowest BCUT2D eigenvalue weighted by Crippen LogP contribution is -2.31. The molecule has 1 heterocycles. The van der Waals surface area contributed by atoms with Gasteiger partial charge in [-0.1, -0.05) is 19.9 Å². The molecule has 0 radical (unpaired) electrons. The third-order valence-corrected chi connectivity index (χ3v) is 1.70. The molecular formula is C11H16N2O2. The molecule has 1 rings (SSSR count). The molecule has 0 atom stereocenters. The van der Waals surface area contributed by atoms with Gasteiger partial charge < -0.3 is 10.1 Å². The van der Waals surface area contributed by atoms with E-state index < -0.39 is 0 Å². The van der Waals surface area contributed by atoms with Crippen LogP contribution >= 0.6 is 0 Å². The fraction of sp³-hybridized carbons (Fsp3) is 0.455. The van der Waals surface area contributed by atoms with Gasteiger partial charge in [-0.15, -0.1) is 0 Å². The van der Waals surface area contributed by atoms with Crippen molar-refractivity contribution in [1.82, 2.24) is 10.3 Å². The number of amides is 1. The first-order chi connectivity index (χ1) is 7.18. The number of pyridine rings is 1. The summed E-state index contributed by atoms with van der Waals surface area (Å²) in [6.45, 7) is 4.77. The molecule has 1 N–H and O–H groups in total. The molecule has 0 aliphatic carbocycles. The molecule has 4 nitrogen and oxygen atoms in total. The molecule has 0 aliphatic rings. The first-order valence-corrected chi connectivity index (χ1v) is 4.99. The van der Waals surface area contributed by atoms with Crippen LogP contribution in [-0.4, -0.2) is 24.0 Å². The van der Waals surface area contributed by atoms with Gasteiger partial charge in [0, 0.05) is 18.8 Å². The Balaban J connectivity index is 2.23. The van der Waals surface area contributed by atoms with Gasteiger partial charge >= 0.3 is 0 Å². The summed E-state index contributed by atoms with van der Waals surface area (Å²) >= 11 is 0. The molecular weight excluding hydrogens is 192 g/mol. The average molecular weight is 208 g/mol. The Morgan fingerprint density at radius 2 is 2.33 bits per heavy atom. The number of nitrogens with zero attached hydrogens (tertiary/aromatic N) is 1. The Morgan fingerprint density at radius 1 is 1.53 bits per heavy atom. The third-order valence-electron chi connectivity index (χ3n) is 1.70. The maximum Gasteiger partial charge on any atom is 0.258 e. The van der Waals surface area contributed by atoms with E-state index in [1.54, 1.807) is 18.3 Å². The topological polar surface area (TPSA) is 51.2 Å². The Labute approximate surface area is 89.7 Å². The Morgan fingerprint density at radius 3 is 2.93 bits per heavy atom. The molecule has 1 aromatic rings. The van der Waals surface area contributed by atoms with Gasteiger partial charge in [-0.2, -0.15) is 0 Å². The molecule has 15 heavy (non-hydrogen) atoms. The minimum Gasteiger partial charge on any atom is -0.468 e. The first-order valence-electron chi connectivity index (χ1n) is 4.99. The number of carbonyl (C=O) groups is 1. The van der Waals surface area contributed by atoms with Crippen molar-refractivity contribution in [2.75, 3.05) is 13.2 Å².